The van der Waals surface area contributed by atoms with Crippen molar-refractivity contribution in [1.82, 2.24) is 0 Å². The Kier molecular flexibility index (Phi) is 6.11. The second kappa shape index (κ2) is 8.94. The molecular formula is C24H21ClN2O2S. The number of nitrogens with zero attached hydrogens (tertiary/aromatic N) is 1. The highest BCUT2D eigenvalue weighted by atomic mass is 35.5. The van der Waals surface area contributed by atoms with Gasteiger partial charge in [0.1, 0.15) is 5.37 Å². The van der Waals surface area contributed by atoms with E-state index in [0.29, 0.717) is 22.0 Å². The molecule has 0 spiro atoms. The highest BCUT2D eigenvalue weighted by molar-refractivity contribution is 8.00. The van der Waals surface area contributed by atoms with E-state index < -0.39 is 0 Å². The molecule has 1 unspecified atom stereocenters. The van der Waals surface area contributed by atoms with Crippen molar-refractivity contribution in [3.63, 3.8) is 0 Å². The first-order chi connectivity index (χ1) is 14.6. The van der Waals surface area contributed by atoms with Crippen molar-refractivity contribution >= 4 is 46.6 Å². The Labute approximate surface area is 185 Å². The first-order valence-electron chi connectivity index (χ1n) is 9.76. The molecule has 3 aromatic carbocycles. The standard InChI is InChI=1S/C24H21ClN2O2S/c1-2-16-8-3-6-13-21(16)27-22(28)15-30-24(27)17-9-7-10-18(14-17)26-23(29)19-11-4-5-12-20(19)25/h3-14,24H,2,15H2,1H3,(H,26,29). The van der Waals surface area contributed by atoms with Crippen LogP contribution in [0, 0.1) is 0 Å². The normalized spacial score (nSPS) is 16.0. The molecule has 0 aliphatic carbocycles. The third-order valence-corrected chi connectivity index (χ3v) is 6.59. The minimum absolute atomic E-state index is 0.0939. The van der Waals surface area contributed by atoms with Gasteiger partial charge in [-0.15, -0.1) is 11.8 Å². The fourth-order valence-corrected chi connectivity index (χ4v) is 4.97. The second-order valence-electron chi connectivity index (χ2n) is 6.97. The summed E-state index contributed by atoms with van der Waals surface area (Å²) in [6, 6.07) is 22.6. The van der Waals surface area contributed by atoms with E-state index in [0.717, 1.165) is 23.2 Å². The molecule has 3 aromatic rings. The minimum Gasteiger partial charge on any atom is -0.322 e. The van der Waals surface area contributed by atoms with Gasteiger partial charge in [0.25, 0.3) is 5.91 Å². The van der Waals surface area contributed by atoms with E-state index in [1.54, 1.807) is 36.0 Å². The van der Waals surface area contributed by atoms with Crippen molar-refractivity contribution in [3.05, 3.63) is 94.5 Å². The van der Waals surface area contributed by atoms with Gasteiger partial charge in [-0.3, -0.25) is 14.5 Å². The Hall–Kier alpha value is -2.76. The maximum Gasteiger partial charge on any atom is 0.257 e. The molecule has 1 aliphatic rings. The zero-order chi connectivity index (χ0) is 21.1. The van der Waals surface area contributed by atoms with Crippen LogP contribution >= 0.6 is 23.4 Å². The van der Waals surface area contributed by atoms with Crippen LogP contribution in [0.3, 0.4) is 0 Å². The second-order valence-corrected chi connectivity index (χ2v) is 8.44. The number of para-hydroxylation sites is 1. The van der Waals surface area contributed by atoms with Crippen LogP contribution in [-0.2, 0) is 11.2 Å². The van der Waals surface area contributed by atoms with Crippen molar-refractivity contribution in [2.24, 2.45) is 0 Å². The minimum atomic E-state index is -0.263. The highest BCUT2D eigenvalue weighted by Gasteiger charge is 2.35. The number of anilines is 2. The summed E-state index contributed by atoms with van der Waals surface area (Å²) in [5.74, 6) is 0.261. The SMILES string of the molecule is CCc1ccccc1N1C(=O)CSC1c1cccc(NC(=O)c2ccccc2Cl)c1. The van der Waals surface area contributed by atoms with Crippen molar-refractivity contribution in [2.45, 2.75) is 18.7 Å². The lowest BCUT2D eigenvalue weighted by atomic mass is 10.1. The zero-order valence-corrected chi connectivity index (χ0v) is 18.0. The molecule has 1 atom stereocenters. The number of carbonyl (C=O) groups is 2. The van der Waals surface area contributed by atoms with Crippen LogP contribution in [0.15, 0.2) is 72.8 Å². The average molecular weight is 437 g/mol. The number of hydrogen-bond acceptors (Lipinski definition) is 3. The number of amides is 2. The van der Waals surface area contributed by atoms with Crippen LogP contribution in [0.1, 0.15) is 33.8 Å². The van der Waals surface area contributed by atoms with Gasteiger partial charge in [0.05, 0.1) is 16.3 Å². The molecule has 6 heteroatoms. The molecule has 1 saturated heterocycles. The van der Waals surface area contributed by atoms with Crippen molar-refractivity contribution in [3.8, 4) is 0 Å². The molecule has 1 aliphatic heterocycles. The fourth-order valence-electron chi connectivity index (χ4n) is 3.59. The van der Waals surface area contributed by atoms with Crippen LogP contribution in [0.25, 0.3) is 0 Å². The molecule has 4 rings (SSSR count). The van der Waals surface area contributed by atoms with Crippen molar-refractivity contribution < 1.29 is 9.59 Å². The number of thioether (sulfide) groups is 1. The number of rotatable bonds is 5. The number of hydrogen-bond donors (Lipinski definition) is 1. The lowest BCUT2D eigenvalue weighted by Gasteiger charge is -2.26. The first-order valence-corrected chi connectivity index (χ1v) is 11.2. The van der Waals surface area contributed by atoms with E-state index >= 15 is 0 Å². The zero-order valence-electron chi connectivity index (χ0n) is 16.5. The Morgan fingerprint density at radius 1 is 1.10 bits per heavy atom. The van der Waals surface area contributed by atoms with Gasteiger partial charge in [-0.1, -0.05) is 61.0 Å². The van der Waals surface area contributed by atoms with Gasteiger partial charge in [-0.2, -0.15) is 0 Å². The summed E-state index contributed by atoms with van der Waals surface area (Å²) >= 11 is 7.74. The molecule has 1 fully saturated rings. The Balaban J connectivity index is 1.62. The summed E-state index contributed by atoms with van der Waals surface area (Å²) in [5, 5.41) is 3.19. The highest BCUT2D eigenvalue weighted by Crippen LogP contribution is 2.43. The number of carbonyl (C=O) groups excluding carboxylic acids is 2. The van der Waals surface area contributed by atoms with E-state index in [2.05, 4.69) is 18.3 Å². The fraction of sp³-hybridized carbons (Fsp3) is 0.167. The van der Waals surface area contributed by atoms with Crippen molar-refractivity contribution in [1.29, 1.82) is 0 Å². The van der Waals surface area contributed by atoms with Gasteiger partial charge in [0, 0.05) is 11.4 Å². The molecule has 0 aromatic heterocycles. The molecule has 1 N–H and O–H groups in total. The number of aryl methyl sites for hydroxylation is 1. The van der Waals surface area contributed by atoms with Gasteiger partial charge in [-0.25, -0.2) is 0 Å². The summed E-state index contributed by atoms with van der Waals surface area (Å²) in [6.45, 7) is 2.09. The third-order valence-electron chi connectivity index (χ3n) is 5.05. The predicted molar refractivity (Wildman–Crippen MR) is 124 cm³/mol. The topological polar surface area (TPSA) is 49.4 Å². The lowest BCUT2D eigenvalue weighted by Crippen LogP contribution is -2.28. The number of halogens is 1. The molecule has 2 amide bonds. The quantitative estimate of drug-likeness (QED) is 0.539. The van der Waals surface area contributed by atoms with E-state index in [1.165, 1.54) is 0 Å². The van der Waals surface area contributed by atoms with E-state index in [9.17, 15) is 9.59 Å². The van der Waals surface area contributed by atoms with Gasteiger partial charge < -0.3 is 5.32 Å². The summed E-state index contributed by atoms with van der Waals surface area (Å²) < 4.78 is 0. The predicted octanol–water partition coefficient (Wildman–Crippen LogP) is 5.93. The third kappa shape index (κ3) is 4.09. The first kappa shape index (κ1) is 20.5. The Morgan fingerprint density at radius 2 is 1.87 bits per heavy atom. The molecule has 0 saturated carbocycles. The van der Waals surface area contributed by atoms with E-state index in [1.807, 2.05) is 47.4 Å². The van der Waals surface area contributed by atoms with E-state index in [-0.39, 0.29) is 17.2 Å². The molecule has 152 valence electrons. The maximum atomic E-state index is 12.7. The van der Waals surface area contributed by atoms with Crippen LogP contribution in [-0.4, -0.2) is 17.6 Å². The Morgan fingerprint density at radius 3 is 2.67 bits per heavy atom. The van der Waals surface area contributed by atoms with Crippen LogP contribution in [0.2, 0.25) is 5.02 Å². The van der Waals surface area contributed by atoms with Crippen LogP contribution < -0.4 is 10.2 Å². The lowest BCUT2D eigenvalue weighted by molar-refractivity contribution is -0.115. The number of benzene rings is 3. The summed E-state index contributed by atoms with van der Waals surface area (Å²) in [5.41, 5.74) is 4.15. The molecule has 0 radical (unpaired) electrons. The monoisotopic (exact) mass is 436 g/mol. The molecule has 0 bridgehead atoms. The Bertz CT molecular complexity index is 1100. The molecule has 30 heavy (non-hydrogen) atoms. The van der Waals surface area contributed by atoms with Crippen LogP contribution in [0.5, 0.6) is 0 Å². The largest absolute Gasteiger partial charge is 0.322 e. The van der Waals surface area contributed by atoms with Gasteiger partial charge in [0.15, 0.2) is 0 Å². The van der Waals surface area contributed by atoms with Crippen LogP contribution in [0.4, 0.5) is 11.4 Å². The molecule has 1 heterocycles. The van der Waals surface area contributed by atoms with Crippen molar-refractivity contribution in [2.75, 3.05) is 16.0 Å². The number of nitrogens with one attached hydrogen (secondary N) is 1. The molecular weight excluding hydrogens is 416 g/mol. The van der Waals surface area contributed by atoms with Gasteiger partial charge in [0.2, 0.25) is 5.91 Å². The van der Waals surface area contributed by atoms with Gasteiger partial charge >= 0.3 is 0 Å². The maximum absolute atomic E-state index is 12.7. The summed E-state index contributed by atoms with van der Waals surface area (Å²) in [6.07, 6.45) is 0.852. The molecule has 4 nitrogen and oxygen atoms in total. The van der Waals surface area contributed by atoms with Gasteiger partial charge in [-0.05, 0) is 47.9 Å². The average Bonchev–Trinajstić information content (AvgIpc) is 3.15. The summed E-state index contributed by atoms with van der Waals surface area (Å²) in [4.78, 5) is 27.2. The van der Waals surface area contributed by atoms with E-state index in [4.69, 9.17) is 11.6 Å². The summed E-state index contributed by atoms with van der Waals surface area (Å²) in [7, 11) is 0. The smallest absolute Gasteiger partial charge is 0.257 e.